The Morgan fingerprint density at radius 2 is 1.86 bits per heavy atom. The first-order valence-corrected chi connectivity index (χ1v) is 6.70. The van der Waals surface area contributed by atoms with Crippen LogP contribution in [0.15, 0.2) is 53.6 Å². The van der Waals surface area contributed by atoms with Crippen LogP contribution in [0.1, 0.15) is 17.5 Å². The minimum atomic E-state index is -0.847. The lowest BCUT2D eigenvalue weighted by molar-refractivity contribution is -0.121. The molecule has 2 aliphatic heterocycles. The highest BCUT2D eigenvalue weighted by molar-refractivity contribution is 6.13. The molecule has 1 atom stereocenters. The van der Waals surface area contributed by atoms with Gasteiger partial charge in [-0.2, -0.15) is 5.10 Å². The normalized spacial score (nSPS) is 22.7. The van der Waals surface area contributed by atoms with Crippen molar-refractivity contribution >= 4 is 17.3 Å². The first-order chi connectivity index (χ1) is 10.2. The van der Waals surface area contributed by atoms with Gasteiger partial charge in [-0.25, -0.2) is 4.39 Å². The number of halogens is 1. The van der Waals surface area contributed by atoms with Crippen LogP contribution in [0, 0.1) is 5.82 Å². The predicted octanol–water partition coefficient (Wildman–Crippen LogP) is 2.37. The summed E-state index contributed by atoms with van der Waals surface area (Å²) in [6, 6.07) is 13.7. The summed E-state index contributed by atoms with van der Waals surface area (Å²) in [7, 11) is 0. The molecule has 2 heterocycles. The van der Waals surface area contributed by atoms with Gasteiger partial charge in [0, 0.05) is 17.7 Å². The monoisotopic (exact) mass is 281 g/mol. The molecule has 2 N–H and O–H groups in total. The molecule has 2 aliphatic rings. The number of nitrogens with one attached hydrogen (secondary N) is 2. The van der Waals surface area contributed by atoms with E-state index in [1.54, 1.807) is 12.1 Å². The summed E-state index contributed by atoms with van der Waals surface area (Å²) in [5, 5.41) is 7.18. The standard InChI is InChI=1S/C16H12FN3O/c17-11-7-5-10(6-8-11)14-9-16(20-19-14)12-3-1-2-4-13(12)18-15(16)21/h1-8,20H,9H2,(H,18,21)/t16-/m1/s1. The Morgan fingerprint density at radius 3 is 2.67 bits per heavy atom. The third kappa shape index (κ3) is 1.67. The maximum absolute atomic E-state index is 13.0. The van der Waals surface area contributed by atoms with E-state index in [2.05, 4.69) is 15.8 Å². The van der Waals surface area contributed by atoms with Crippen molar-refractivity contribution in [1.29, 1.82) is 0 Å². The lowest BCUT2D eigenvalue weighted by Gasteiger charge is -2.20. The number of rotatable bonds is 1. The molecule has 0 aliphatic carbocycles. The zero-order chi connectivity index (χ0) is 14.4. The van der Waals surface area contributed by atoms with E-state index in [1.165, 1.54) is 12.1 Å². The minimum Gasteiger partial charge on any atom is -0.323 e. The maximum Gasteiger partial charge on any atom is 0.256 e. The molecular formula is C16H12FN3O. The number of carbonyl (C=O) groups is 1. The van der Waals surface area contributed by atoms with Crippen molar-refractivity contribution in [3.8, 4) is 0 Å². The van der Waals surface area contributed by atoms with Crippen molar-refractivity contribution in [2.24, 2.45) is 5.10 Å². The van der Waals surface area contributed by atoms with E-state index in [-0.39, 0.29) is 11.7 Å². The van der Waals surface area contributed by atoms with E-state index in [1.807, 2.05) is 24.3 Å². The molecule has 4 nitrogen and oxygen atoms in total. The Morgan fingerprint density at radius 1 is 1.10 bits per heavy atom. The number of benzene rings is 2. The summed E-state index contributed by atoms with van der Waals surface area (Å²) in [6.07, 6.45) is 0.446. The SMILES string of the molecule is O=C1Nc2ccccc2[C@]12CC(c1ccc(F)cc1)=NN2. The second-order valence-electron chi connectivity index (χ2n) is 5.26. The smallest absolute Gasteiger partial charge is 0.256 e. The lowest BCUT2D eigenvalue weighted by Crippen LogP contribution is -2.42. The Labute approximate surface area is 120 Å². The molecule has 21 heavy (non-hydrogen) atoms. The van der Waals surface area contributed by atoms with Gasteiger partial charge in [-0.05, 0) is 23.8 Å². The number of fused-ring (bicyclic) bond motifs is 2. The van der Waals surface area contributed by atoms with E-state index >= 15 is 0 Å². The topological polar surface area (TPSA) is 53.5 Å². The Kier molecular flexibility index (Phi) is 2.39. The summed E-state index contributed by atoms with van der Waals surface area (Å²) in [5.41, 5.74) is 5.42. The maximum atomic E-state index is 13.0. The molecule has 2 aromatic carbocycles. The summed E-state index contributed by atoms with van der Waals surface area (Å²) in [4.78, 5) is 12.4. The average Bonchev–Trinajstić information content (AvgIpc) is 3.05. The molecule has 0 saturated heterocycles. The van der Waals surface area contributed by atoms with Gasteiger partial charge >= 0.3 is 0 Å². The summed E-state index contributed by atoms with van der Waals surface area (Å²) in [5.74, 6) is -0.395. The molecule has 0 unspecified atom stereocenters. The van der Waals surface area contributed by atoms with E-state index in [9.17, 15) is 9.18 Å². The molecule has 0 saturated carbocycles. The molecule has 1 amide bonds. The van der Waals surface area contributed by atoms with Crippen LogP contribution in [0.4, 0.5) is 10.1 Å². The highest BCUT2D eigenvalue weighted by Crippen LogP contribution is 2.41. The van der Waals surface area contributed by atoms with Crippen LogP contribution < -0.4 is 10.7 Å². The Balaban J connectivity index is 1.72. The molecule has 2 aromatic rings. The molecule has 0 bridgehead atoms. The largest absolute Gasteiger partial charge is 0.323 e. The van der Waals surface area contributed by atoms with Gasteiger partial charge in [-0.1, -0.05) is 30.3 Å². The minimum absolute atomic E-state index is 0.107. The number of hydrogen-bond donors (Lipinski definition) is 2. The van der Waals surface area contributed by atoms with Gasteiger partial charge in [0.25, 0.3) is 5.91 Å². The zero-order valence-electron chi connectivity index (χ0n) is 11.1. The molecule has 0 fully saturated rings. The van der Waals surface area contributed by atoms with Crippen molar-refractivity contribution in [2.75, 3.05) is 5.32 Å². The van der Waals surface area contributed by atoms with Gasteiger partial charge in [-0.15, -0.1) is 0 Å². The van der Waals surface area contributed by atoms with Crippen molar-refractivity contribution < 1.29 is 9.18 Å². The van der Waals surface area contributed by atoms with Crippen molar-refractivity contribution in [1.82, 2.24) is 5.43 Å². The Hall–Kier alpha value is -2.69. The lowest BCUT2D eigenvalue weighted by atomic mass is 9.86. The number of hydrogen-bond acceptors (Lipinski definition) is 3. The van der Waals surface area contributed by atoms with Crippen molar-refractivity contribution in [3.05, 3.63) is 65.5 Å². The molecule has 104 valence electrons. The first kappa shape index (κ1) is 12.1. The van der Waals surface area contributed by atoms with Gasteiger partial charge < -0.3 is 5.32 Å². The van der Waals surface area contributed by atoms with Crippen molar-refractivity contribution in [3.63, 3.8) is 0 Å². The number of para-hydroxylation sites is 1. The molecule has 0 radical (unpaired) electrons. The number of amides is 1. The average molecular weight is 281 g/mol. The second kappa shape index (κ2) is 4.15. The molecule has 5 heteroatoms. The van der Waals surface area contributed by atoms with Crippen LogP contribution in [0.2, 0.25) is 0 Å². The number of carbonyl (C=O) groups excluding carboxylic acids is 1. The fourth-order valence-corrected chi connectivity index (χ4v) is 2.90. The molecule has 1 spiro atoms. The highest BCUT2D eigenvalue weighted by Gasteiger charge is 2.50. The highest BCUT2D eigenvalue weighted by atomic mass is 19.1. The van der Waals surface area contributed by atoms with Crippen LogP contribution in [0.5, 0.6) is 0 Å². The van der Waals surface area contributed by atoms with Crippen LogP contribution >= 0.6 is 0 Å². The van der Waals surface area contributed by atoms with Gasteiger partial charge in [0.1, 0.15) is 5.82 Å². The van der Waals surface area contributed by atoms with Crippen LogP contribution in [-0.4, -0.2) is 11.6 Å². The zero-order valence-corrected chi connectivity index (χ0v) is 11.1. The fourth-order valence-electron chi connectivity index (χ4n) is 2.90. The van der Waals surface area contributed by atoms with Gasteiger partial charge in [-0.3, -0.25) is 10.2 Å². The van der Waals surface area contributed by atoms with Crippen LogP contribution in [0.3, 0.4) is 0 Å². The quantitative estimate of drug-likeness (QED) is 0.843. The fraction of sp³-hybridized carbons (Fsp3) is 0.125. The second-order valence-corrected chi connectivity index (χ2v) is 5.26. The van der Waals surface area contributed by atoms with Crippen LogP contribution in [0.25, 0.3) is 0 Å². The number of anilines is 1. The van der Waals surface area contributed by atoms with Gasteiger partial charge in [0.15, 0.2) is 5.54 Å². The first-order valence-electron chi connectivity index (χ1n) is 6.70. The molecule has 0 aromatic heterocycles. The predicted molar refractivity (Wildman–Crippen MR) is 77.4 cm³/mol. The molecular weight excluding hydrogens is 269 g/mol. The van der Waals surface area contributed by atoms with E-state index in [4.69, 9.17) is 0 Å². The number of hydrazone groups is 1. The third-order valence-corrected chi connectivity index (χ3v) is 4.01. The Bertz CT molecular complexity index is 769. The van der Waals surface area contributed by atoms with E-state index in [0.29, 0.717) is 6.42 Å². The van der Waals surface area contributed by atoms with Gasteiger partial charge in [0.2, 0.25) is 0 Å². The van der Waals surface area contributed by atoms with E-state index < -0.39 is 5.54 Å². The van der Waals surface area contributed by atoms with Crippen molar-refractivity contribution in [2.45, 2.75) is 12.0 Å². The van der Waals surface area contributed by atoms with Gasteiger partial charge in [0.05, 0.1) is 5.71 Å². The summed E-state index contributed by atoms with van der Waals surface area (Å²) in [6.45, 7) is 0. The van der Waals surface area contributed by atoms with Crippen LogP contribution in [-0.2, 0) is 10.3 Å². The molecule has 4 rings (SSSR count). The number of nitrogens with zero attached hydrogens (tertiary/aromatic N) is 1. The van der Waals surface area contributed by atoms with E-state index in [0.717, 1.165) is 22.5 Å². The third-order valence-electron chi connectivity index (χ3n) is 4.01. The summed E-state index contributed by atoms with van der Waals surface area (Å²) < 4.78 is 13.0. The summed E-state index contributed by atoms with van der Waals surface area (Å²) >= 11 is 0.